The molecule has 0 aliphatic carbocycles. The van der Waals surface area contributed by atoms with Gasteiger partial charge in [0.2, 0.25) is 0 Å². The van der Waals surface area contributed by atoms with Crippen molar-refractivity contribution in [3.05, 3.63) is 45.9 Å². The van der Waals surface area contributed by atoms with Crippen molar-refractivity contribution in [2.45, 2.75) is 13.0 Å². The van der Waals surface area contributed by atoms with Gasteiger partial charge in [0, 0.05) is 0 Å². The first-order chi connectivity index (χ1) is 9.20. The lowest BCUT2D eigenvalue weighted by molar-refractivity contribution is -0.746. The molecule has 0 aliphatic heterocycles. The molecule has 19 heavy (non-hydrogen) atoms. The Kier molecular flexibility index (Phi) is 4.35. The van der Waals surface area contributed by atoms with Crippen LogP contribution in [0.3, 0.4) is 0 Å². The Morgan fingerprint density at radius 3 is 2.68 bits per heavy atom. The third-order valence-electron chi connectivity index (χ3n) is 2.96. The third-order valence-corrected chi connectivity index (χ3v) is 2.96. The molecular weight excluding hydrogens is 246 g/mol. The van der Waals surface area contributed by atoms with E-state index in [9.17, 15) is 4.79 Å². The lowest BCUT2D eigenvalue weighted by Crippen LogP contribution is -2.39. The van der Waals surface area contributed by atoms with Gasteiger partial charge >= 0.3 is 11.3 Å². The number of rotatable bonds is 6. The normalized spacial score (nSPS) is 10.6. The average molecular weight is 264 g/mol. The molecule has 0 spiro atoms. The maximum Gasteiger partial charge on any atom is 0.431 e. The van der Waals surface area contributed by atoms with E-state index in [1.807, 2.05) is 24.3 Å². The highest BCUT2D eigenvalue weighted by Gasteiger charge is 2.15. The minimum atomic E-state index is -0.334. The van der Waals surface area contributed by atoms with Crippen LogP contribution in [0.4, 0.5) is 0 Å². The van der Waals surface area contributed by atoms with E-state index in [2.05, 4.69) is 15.1 Å². The van der Waals surface area contributed by atoms with Gasteiger partial charge in [-0.3, -0.25) is 4.52 Å². The van der Waals surface area contributed by atoms with Crippen molar-refractivity contribution in [3.63, 3.8) is 0 Å². The summed E-state index contributed by atoms with van der Waals surface area (Å²) in [6.45, 7) is 1.27. The van der Waals surface area contributed by atoms with Crippen LogP contribution in [-0.4, -0.2) is 18.9 Å². The van der Waals surface area contributed by atoms with Crippen LogP contribution in [0.25, 0.3) is 0 Å². The zero-order valence-corrected chi connectivity index (χ0v) is 11.1. The molecule has 2 N–H and O–H groups in total. The lowest BCUT2D eigenvalue weighted by atomic mass is 10.1. The molecule has 0 aliphatic rings. The second-order valence-corrected chi connectivity index (χ2v) is 4.26. The molecule has 0 radical (unpaired) electrons. The number of nitrogens with one attached hydrogen (secondary N) is 2. The highest BCUT2D eigenvalue weighted by molar-refractivity contribution is 5.27. The van der Waals surface area contributed by atoms with Gasteiger partial charge in [0.1, 0.15) is 5.75 Å². The minimum Gasteiger partial charge on any atom is -0.497 e. The van der Waals surface area contributed by atoms with Gasteiger partial charge in [0.15, 0.2) is 7.05 Å². The van der Waals surface area contributed by atoms with Gasteiger partial charge in [0.05, 0.1) is 13.7 Å². The molecule has 0 amide bonds. The SMILES string of the molecule is COc1ccc(CCNCc2c(=O)o[nH][n+]2C)cc1. The Bertz CT molecular complexity index is 572. The third kappa shape index (κ3) is 3.45. The number of methoxy groups -OCH3 is 1. The van der Waals surface area contributed by atoms with Gasteiger partial charge in [-0.15, -0.1) is 0 Å². The summed E-state index contributed by atoms with van der Waals surface area (Å²) in [5, 5.41) is 5.70. The smallest absolute Gasteiger partial charge is 0.431 e. The quantitative estimate of drug-likeness (QED) is 0.575. The molecule has 0 atom stereocenters. The Labute approximate surface area is 111 Å². The topological polar surface area (TPSA) is 71.1 Å². The van der Waals surface area contributed by atoms with E-state index < -0.39 is 0 Å². The number of hydrogen-bond acceptors (Lipinski definition) is 4. The van der Waals surface area contributed by atoms with Crippen molar-refractivity contribution < 1.29 is 13.9 Å². The maximum atomic E-state index is 11.3. The zero-order valence-electron chi connectivity index (χ0n) is 11.1. The lowest BCUT2D eigenvalue weighted by Gasteiger charge is -2.03. The average Bonchev–Trinajstić information content (AvgIpc) is 2.75. The molecule has 1 heterocycles. The van der Waals surface area contributed by atoms with Gasteiger partial charge in [0.25, 0.3) is 0 Å². The molecule has 0 fully saturated rings. The molecule has 0 unspecified atom stereocenters. The van der Waals surface area contributed by atoms with Crippen LogP contribution in [0.2, 0.25) is 0 Å². The fraction of sp³-hybridized carbons (Fsp3) is 0.385. The number of nitrogens with zero attached hydrogens (tertiary/aromatic N) is 1. The van der Waals surface area contributed by atoms with E-state index in [1.54, 1.807) is 18.8 Å². The Balaban J connectivity index is 1.79. The molecule has 2 aromatic rings. The second-order valence-electron chi connectivity index (χ2n) is 4.26. The molecule has 2 rings (SSSR count). The van der Waals surface area contributed by atoms with Crippen molar-refractivity contribution in [2.75, 3.05) is 13.7 Å². The van der Waals surface area contributed by atoms with Gasteiger partial charge in [-0.25, -0.2) is 4.79 Å². The van der Waals surface area contributed by atoms with E-state index >= 15 is 0 Å². The summed E-state index contributed by atoms with van der Waals surface area (Å²) in [5.74, 6) is 0.855. The van der Waals surface area contributed by atoms with E-state index in [0.717, 1.165) is 18.7 Å². The van der Waals surface area contributed by atoms with Crippen LogP contribution in [0.5, 0.6) is 5.75 Å². The zero-order chi connectivity index (χ0) is 13.7. The van der Waals surface area contributed by atoms with E-state index in [0.29, 0.717) is 12.2 Å². The molecular formula is C13H18N3O3+. The standard InChI is InChI=1S/C13H17N3O3/c1-16-12(13(17)19-15-16)9-14-8-7-10-3-5-11(18-2)6-4-10/h3-6,14H,7-9H2,1-2H3/p+1. The maximum absolute atomic E-state index is 11.3. The fourth-order valence-corrected chi connectivity index (χ4v) is 1.78. The van der Waals surface area contributed by atoms with Crippen molar-refractivity contribution in [2.24, 2.45) is 7.05 Å². The summed E-state index contributed by atoms with van der Waals surface area (Å²) in [7, 11) is 3.39. The van der Waals surface area contributed by atoms with E-state index in [4.69, 9.17) is 4.74 Å². The summed E-state index contributed by atoms with van der Waals surface area (Å²) >= 11 is 0. The van der Waals surface area contributed by atoms with Crippen molar-refractivity contribution in [1.29, 1.82) is 0 Å². The van der Waals surface area contributed by atoms with E-state index in [-0.39, 0.29) is 5.63 Å². The Morgan fingerprint density at radius 2 is 2.11 bits per heavy atom. The van der Waals surface area contributed by atoms with Gasteiger partial charge < -0.3 is 10.1 Å². The van der Waals surface area contributed by atoms with Crippen LogP contribution in [0, 0.1) is 0 Å². The summed E-state index contributed by atoms with van der Waals surface area (Å²) in [4.78, 5) is 11.3. The molecule has 102 valence electrons. The minimum absolute atomic E-state index is 0.334. The van der Waals surface area contributed by atoms with Crippen molar-refractivity contribution in [3.8, 4) is 5.75 Å². The molecule has 0 saturated carbocycles. The predicted octanol–water partition coefficient (Wildman–Crippen LogP) is 0.133. The fourth-order valence-electron chi connectivity index (χ4n) is 1.78. The number of aromatic amines is 1. The van der Waals surface area contributed by atoms with Crippen molar-refractivity contribution in [1.82, 2.24) is 10.6 Å². The van der Waals surface area contributed by atoms with Crippen LogP contribution >= 0.6 is 0 Å². The van der Waals surface area contributed by atoms with Crippen LogP contribution < -0.4 is 20.4 Å². The molecule has 6 nitrogen and oxygen atoms in total. The van der Waals surface area contributed by atoms with Crippen LogP contribution in [-0.2, 0) is 20.0 Å². The number of H-pyrrole nitrogens is 1. The second kappa shape index (κ2) is 6.19. The van der Waals surface area contributed by atoms with Gasteiger partial charge in [-0.05, 0) is 35.9 Å². The monoisotopic (exact) mass is 264 g/mol. The number of hydrogen-bond donors (Lipinski definition) is 2. The first kappa shape index (κ1) is 13.4. The van der Waals surface area contributed by atoms with Gasteiger partial charge in [-0.2, -0.15) is 0 Å². The van der Waals surface area contributed by atoms with Crippen molar-refractivity contribution >= 4 is 0 Å². The molecule has 0 bridgehead atoms. The van der Waals surface area contributed by atoms with Crippen LogP contribution in [0.15, 0.2) is 33.6 Å². The number of aryl methyl sites for hydroxylation is 1. The molecule has 6 heteroatoms. The predicted molar refractivity (Wildman–Crippen MR) is 68.9 cm³/mol. The summed E-state index contributed by atoms with van der Waals surface area (Å²) in [5.41, 5.74) is 1.47. The number of benzene rings is 1. The van der Waals surface area contributed by atoms with E-state index in [1.165, 1.54) is 5.56 Å². The molecule has 1 aromatic carbocycles. The summed E-state index contributed by atoms with van der Waals surface area (Å²) in [6.07, 6.45) is 0.892. The highest BCUT2D eigenvalue weighted by Crippen LogP contribution is 2.11. The summed E-state index contributed by atoms with van der Waals surface area (Å²) < 4.78 is 11.3. The number of aromatic nitrogens is 2. The number of ether oxygens (including phenoxy) is 1. The molecule has 0 saturated heterocycles. The summed E-state index contributed by atoms with van der Waals surface area (Å²) in [6, 6.07) is 7.95. The Morgan fingerprint density at radius 1 is 1.37 bits per heavy atom. The largest absolute Gasteiger partial charge is 0.497 e. The van der Waals surface area contributed by atoms with Gasteiger partial charge in [-0.1, -0.05) is 16.8 Å². The highest BCUT2D eigenvalue weighted by atomic mass is 16.5. The Hall–Kier alpha value is -2.08. The first-order valence-corrected chi connectivity index (χ1v) is 6.10. The molecule has 1 aromatic heterocycles. The first-order valence-electron chi connectivity index (χ1n) is 6.10. The van der Waals surface area contributed by atoms with Crippen LogP contribution in [0.1, 0.15) is 11.3 Å².